The highest BCUT2D eigenvalue weighted by Gasteiger charge is 2.26. The van der Waals surface area contributed by atoms with E-state index in [4.69, 9.17) is 11.6 Å². The first-order chi connectivity index (χ1) is 14.9. The highest BCUT2D eigenvalue weighted by Crippen LogP contribution is 2.24. The van der Waals surface area contributed by atoms with E-state index in [1.54, 1.807) is 36.9 Å². The van der Waals surface area contributed by atoms with Gasteiger partial charge in [0.1, 0.15) is 5.75 Å². The summed E-state index contributed by atoms with van der Waals surface area (Å²) < 4.78 is 26.7. The van der Waals surface area contributed by atoms with Gasteiger partial charge in [0, 0.05) is 72.5 Å². The first-order valence-electron chi connectivity index (χ1n) is 9.56. The largest absolute Gasteiger partial charge is 0.507 e. The summed E-state index contributed by atoms with van der Waals surface area (Å²) in [4.78, 5) is 14.8. The van der Waals surface area contributed by atoms with Gasteiger partial charge in [-0.2, -0.15) is 4.31 Å². The number of pyridine rings is 1. The molecular weight excluding hydrogens is 438 g/mol. The lowest BCUT2D eigenvalue weighted by Gasteiger charge is -2.33. The molecule has 0 amide bonds. The number of aromatic nitrogens is 3. The SMILES string of the molecule is O=S(=O)(/C=C/c1ccc(Cl)cc1O)N1CCN(c2ncc(-c3ccncc3)cn2)CC1. The minimum Gasteiger partial charge on any atom is -0.507 e. The molecule has 0 bridgehead atoms. The lowest BCUT2D eigenvalue weighted by molar-refractivity contribution is 0.387. The van der Waals surface area contributed by atoms with E-state index >= 15 is 0 Å². The van der Waals surface area contributed by atoms with Crippen LogP contribution >= 0.6 is 11.6 Å². The quantitative estimate of drug-likeness (QED) is 0.628. The molecule has 1 fully saturated rings. The number of hydrogen-bond donors (Lipinski definition) is 1. The molecule has 0 saturated carbocycles. The van der Waals surface area contributed by atoms with Gasteiger partial charge in [-0.1, -0.05) is 11.6 Å². The summed E-state index contributed by atoms with van der Waals surface area (Å²) in [7, 11) is -3.62. The first-order valence-corrected chi connectivity index (χ1v) is 11.4. The minimum absolute atomic E-state index is 0.0730. The van der Waals surface area contributed by atoms with E-state index in [0.717, 1.165) is 16.5 Å². The molecule has 160 valence electrons. The third kappa shape index (κ3) is 5.01. The molecule has 8 nitrogen and oxygen atoms in total. The average molecular weight is 458 g/mol. The van der Waals surface area contributed by atoms with Gasteiger partial charge in [0.25, 0.3) is 0 Å². The lowest BCUT2D eigenvalue weighted by atomic mass is 10.1. The number of nitrogens with zero attached hydrogens (tertiary/aromatic N) is 5. The Labute approximate surface area is 185 Å². The maximum absolute atomic E-state index is 12.7. The number of rotatable bonds is 5. The van der Waals surface area contributed by atoms with Gasteiger partial charge in [0.05, 0.1) is 0 Å². The van der Waals surface area contributed by atoms with Crippen molar-refractivity contribution in [1.82, 2.24) is 19.3 Å². The molecule has 1 saturated heterocycles. The molecule has 0 aliphatic carbocycles. The molecule has 4 rings (SSSR count). The van der Waals surface area contributed by atoms with Gasteiger partial charge in [0.15, 0.2) is 0 Å². The molecular formula is C21H20ClN5O3S. The van der Waals surface area contributed by atoms with E-state index < -0.39 is 10.0 Å². The van der Waals surface area contributed by atoms with E-state index in [1.165, 1.54) is 16.4 Å². The summed E-state index contributed by atoms with van der Waals surface area (Å²) in [5.74, 6) is 0.493. The third-order valence-corrected chi connectivity index (χ3v) is 6.75. The molecule has 1 aliphatic heterocycles. The smallest absolute Gasteiger partial charge is 0.236 e. The van der Waals surface area contributed by atoms with E-state index in [9.17, 15) is 13.5 Å². The summed E-state index contributed by atoms with van der Waals surface area (Å²) >= 11 is 5.80. The zero-order chi connectivity index (χ0) is 21.8. The van der Waals surface area contributed by atoms with Gasteiger partial charge in [-0.15, -0.1) is 0 Å². The summed E-state index contributed by atoms with van der Waals surface area (Å²) in [5, 5.41) is 11.4. The second-order valence-electron chi connectivity index (χ2n) is 6.94. The van der Waals surface area contributed by atoms with Gasteiger partial charge < -0.3 is 10.0 Å². The van der Waals surface area contributed by atoms with Gasteiger partial charge in [-0.25, -0.2) is 18.4 Å². The number of halogens is 1. The van der Waals surface area contributed by atoms with Crippen molar-refractivity contribution in [2.45, 2.75) is 0 Å². The van der Waals surface area contributed by atoms with E-state index in [-0.39, 0.29) is 5.75 Å². The molecule has 1 N–H and O–H groups in total. The van der Waals surface area contributed by atoms with Crippen LogP contribution in [0.5, 0.6) is 5.75 Å². The monoisotopic (exact) mass is 457 g/mol. The van der Waals surface area contributed by atoms with Crippen molar-refractivity contribution in [3.05, 3.63) is 71.1 Å². The van der Waals surface area contributed by atoms with Crippen LogP contribution in [0.3, 0.4) is 0 Å². The number of benzene rings is 1. The topological polar surface area (TPSA) is 99.5 Å². The fraction of sp³-hybridized carbons (Fsp3) is 0.190. The highest BCUT2D eigenvalue weighted by atomic mass is 35.5. The number of phenols is 1. The number of anilines is 1. The zero-order valence-corrected chi connectivity index (χ0v) is 18.0. The molecule has 0 unspecified atom stereocenters. The summed E-state index contributed by atoms with van der Waals surface area (Å²) in [6.07, 6.45) is 8.30. The lowest BCUT2D eigenvalue weighted by Crippen LogP contribution is -2.48. The number of aromatic hydroxyl groups is 1. The second kappa shape index (κ2) is 9.01. The molecule has 31 heavy (non-hydrogen) atoms. The maximum atomic E-state index is 12.7. The fourth-order valence-electron chi connectivity index (χ4n) is 3.22. The molecule has 2 aromatic heterocycles. The molecule has 1 aliphatic rings. The van der Waals surface area contributed by atoms with Crippen LogP contribution in [0.2, 0.25) is 5.02 Å². The van der Waals surface area contributed by atoms with Crippen LogP contribution in [0.1, 0.15) is 5.56 Å². The number of phenolic OH excluding ortho intramolecular Hbond substituents is 1. The summed E-state index contributed by atoms with van der Waals surface area (Å²) in [5.41, 5.74) is 2.26. The zero-order valence-electron chi connectivity index (χ0n) is 16.5. The number of sulfonamides is 1. The van der Waals surface area contributed by atoms with E-state index in [0.29, 0.717) is 42.7 Å². The van der Waals surface area contributed by atoms with Gasteiger partial charge in [-0.3, -0.25) is 4.98 Å². The highest BCUT2D eigenvalue weighted by molar-refractivity contribution is 7.92. The Morgan fingerprint density at radius 1 is 0.968 bits per heavy atom. The maximum Gasteiger partial charge on any atom is 0.236 e. The van der Waals surface area contributed by atoms with Crippen molar-refractivity contribution in [3.63, 3.8) is 0 Å². The molecule has 0 radical (unpaired) electrons. The Kier molecular flexibility index (Phi) is 6.17. The van der Waals surface area contributed by atoms with Crippen LogP contribution in [-0.4, -0.2) is 59.0 Å². The molecule has 0 atom stereocenters. The van der Waals surface area contributed by atoms with Crippen molar-refractivity contribution in [2.24, 2.45) is 0 Å². The Morgan fingerprint density at radius 3 is 2.29 bits per heavy atom. The molecule has 3 heterocycles. The second-order valence-corrected chi connectivity index (χ2v) is 9.20. The predicted molar refractivity (Wildman–Crippen MR) is 120 cm³/mol. The van der Waals surface area contributed by atoms with E-state index in [1.807, 2.05) is 17.0 Å². The average Bonchev–Trinajstić information content (AvgIpc) is 2.79. The van der Waals surface area contributed by atoms with Crippen LogP contribution in [0.4, 0.5) is 5.95 Å². The van der Waals surface area contributed by atoms with Crippen LogP contribution in [-0.2, 0) is 10.0 Å². The third-order valence-electron chi connectivity index (χ3n) is 4.95. The normalized spacial score (nSPS) is 15.5. The van der Waals surface area contributed by atoms with Crippen LogP contribution < -0.4 is 4.90 Å². The van der Waals surface area contributed by atoms with Crippen molar-refractivity contribution in [1.29, 1.82) is 0 Å². The van der Waals surface area contributed by atoms with Crippen LogP contribution in [0.25, 0.3) is 17.2 Å². The predicted octanol–water partition coefficient (Wildman–Crippen LogP) is 3.02. The fourth-order valence-corrected chi connectivity index (χ4v) is 4.55. The van der Waals surface area contributed by atoms with Crippen LogP contribution in [0.15, 0.2) is 60.5 Å². The first kappa shape index (κ1) is 21.2. The van der Waals surface area contributed by atoms with Gasteiger partial charge >= 0.3 is 0 Å². The standard InChI is InChI=1S/C21H20ClN5O3S/c22-19-2-1-17(20(28)13-19)5-12-31(29,30)27-10-8-26(9-11-27)21-24-14-18(15-25-21)16-3-6-23-7-4-16/h1-7,12-15,28H,8-11H2/b12-5+. The van der Waals surface area contributed by atoms with Crippen molar-refractivity contribution in [2.75, 3.05) is 31.1 Å². The Morgan fingerprint density at radius 2 is 1.65 bits per heavy atom. The van der Waals surface area contributed by atoms with Crippen molar-refractivity contribution >= 4 is 33.6 Å². The van der Waals surface area contributed by atoms with Gasteiger partial charge in [-0.05, 0) is 42.0 Å². The number of piperazine rings is 1. The van der Waals surface area contributed by atoms with E-state index in [2.05, 4.69) is 15.0 Å². The van der Waals surface area contributed by atoms with Crippen molar-refractivity contribution in [3.8, 4) is 16.9 Å². The molecule has 10 heteroatoms. The molecule has 3 aromatic rings. The van der Waals surface area contributed by atoms with Crippen molar-refractivity contribution < 1.29 is 13.5 Å². The van der Waals surface area contributed by atoms with Crippen LogP contribution in [0, 0.1) is 0 Å². The Balaban J connectivity index is 1.39. The summed E-state index contributed by atoms with van der Waals surface area (Å²) in [6.45, 7) is 1.59. The Bertz CT molecular complexity index is 1180. The minimum atomic E-state index is -3.62. The number of hydrogen-bond acceptors (Lipinski definition) is 7. The Hall–Kier alpha value is -3.01. The molecule has 0 spiro atoms. The van der Waals surface area contributed by atoms with Gasteiger partial charge in [0.2, 0.25) is 16.0 Å². The summed E-state index contributed by atoms with van der Waals surface area (Å²) in [6, 6.07) is 8.30. The molecule has 1 aromatic carbocycles.